The van der Waals surface area contributed by atoms with Crippen LogP contribution in [0, 0.1) is 0 Å². The quantitative estimate of drug-likeness (QED) is 0.839. The average molecular weight is 370 g/mol. The minimum atomic E-state index is -3.46. The van der Waals surface area contributed by atoms with E-state index in [0.29, 0.717) is 16.8 Å². The van der Waals surface area contributed by atoms with Crippen molar-refractivity contribution >= 4 is 27.3 Å². The van der Waals surface area contributed by atoms with E-state index in [2.05, 4.69) is 11.9 Å². The normalized spacial score (nSPS) is 13.6. The first-order valence-electron chi connectivity index (χ1n) is 8.05. The number of fused-ring (bicyclic) bond motifs is 1. The number of nitrogens with one attached hydrogen (secondary N) is 1. The zero-order valence-electron chi connectivity index (χ0n) is 14.0. The number of benzene rings is 2. The van der Waals surface area contributed by atoms with Crippen LogP contribution in [0.1, 0.15) is 15.9 Å². The predicted molar refractivity (Wildman–Crippen MR) is 98.0 cm³/mol. The van der Waals surface area contributed by atoms with Crippen LogP contribution in [0.4, 0.5) is 0 Å². The van der Waals surface area contributed by atoms with Gasteiger partial charge in [-0.05, 0) is 18.2 Å². The lowest BCUT2D eigenvalue weighted by atomic mass is 10.1. The summed E-state index contributed by atoms with van der Waals surface area (Å²) < 4.78 is 24.4. The lowest BCUT2D eigenvalue weighted by Gasteiger charge is -2.17. The molecule has 1 aliphatic heterocycles. The van der Waals surface area contributed by atoms with Crippen molar-refractivity contribution in [3.05, 3.63) is 72.3 Å². The minimum absolute atomic E-state index is 0.0302. The van der Waals surface area contributed by atoms with Gasteiger partial charge in [0.25, 0.3) is 5.91 Å². The van der Waals surface area contributed by atoms with Crippen molar-refractivity contribution in [1.29, 1.82) is 0 Å². The Labute approximate surface area is 152 Å². The molecule has 26 heavy (non-hydrogen) atoms. The van der Waals surface area contributed by atoms with Crippen LogP contribution in [-0.2, 0) is 14.6 Å². The molecular weight excluding hydrogens is 352 g/mol. The van der Waals surface area contributed by atoms with Gasteiger partial charge in [-0.2, -0.15) is 0 Å². The predicted octanol–water partition coefficient (Wildman–Crippen LogP) is 1.70. The molecule has 1 aliphatic rings. The summed E-state index contributed by atoms with van der Waals surface area (Å²) in [5.41, 5.74) is 1.69. The molecule has 6 nitrogen and oxygen atoms in total. The van der Waals surface area contributed by atoms with Crippen LogP contribution in [0.25, 0.3) is 5.70 Å². The molecule has 1 N–H and O–H groups in total. The fourth-order valence-electron chi connectivity index (χ4n) is 2.77. The Balaban J connectivity index is 1.56. The highest BCUT2D eigenvalue weighted by atomic mass is 32.2. The van der Waals surface area contributed by atoms with Crippen molar-refractivity contribution in [2.24, 2.45) is 0 Å². The maximum absolute atomic E-state index is 12.3. The third-order valence-corrected chi connectivity index (χ3v) is 5.87. The number of nitrogens with zero attached hydrogens (tertiary/aromatic N) is 1. The molecule has 134 valence electrons. The number of amides is 2. The van der Waals surface area contributed by atoms with E-state index in [0.717, 1.165) is 0 Å². The number of sulfone groups is 1. The maximum atomic E-state index is 12.3. The van der Waals surface area contributed by atoms with Gasteiger partial charge < -0.3 is 5.32 Å². The van der Waals surface area contributed by atoms with E-state index >= 15 is 0 Å². The first kappa shape index (κ1) is 17.9. The molecule has 3 rings (SSSR count). The zero-order chi connectivity index (χ0) is 18.7. The lowest BCUT2D eigenvalue weighted by molar-refractivity contribution is -0.121. The van der Waals surface area contributed by atoms with E-state index in [1.807, 2.05) is 0 Å². The van der Waals surface area contributed by atoms with Gasteiger partial charge >= 0.3 is 0 Å². The standard InChI is InChI=1S/C19H18N2O4S/c1-14-16-9-5-6-10-17(16)19(23)21(14)13-18(22)20-11-12-26(24,25)15-7-3-2-4-8-15/h2-10H,1,11-13H2,(H,20,22). The maximum Gasteiger partial charge on any atom is 0.259 e. The summed E-state index contributed by atoms with van der Waals surface area (Å²) in [4.78, 5) is 26.0. The third kappa shape index (κ3) is 3.52. The highest BCUT2D eigenvalue weighted by molar-refractivity contribution is 7.91. The lowest BCUT2D eigenvalue weighted by Crippen LogP contribution is -2.38. The van der Waals surface area contributed by atoms with Crippen molar-refractivity contribution in [1.82, 2.24) is 10.2 Å². The van der Waals surface area contributed by atoms with Crippen LogP contribution >= 0.6 is 0 Å². The van der Waals surface area contributed by atoms with Gasteiger partial charge in [0, 0.05) is 23.4 Å². The van der Waals surface area contributed by atoms with Gasteiger partial charge in [-0.1, -0.05) is 43.0 Å². The van der Waals surface area contributed by atoms with Gasteiger partial charge in [0.2, 0.25) is 5.91 Å². The minimum Gasteiger partial charge on any atom is -0.354 e. The number of hydrogen-bond acceptors (Lipinski definition) is 4. The van der Waals surface area contributed by atoms with Crippen LogP contribution in [0.5, 0.6) is 0 Å². The van der Waals surface area contributed by atoms with Gasteiger partial charge in [-0.3, -0.25) is 14.5 Å². The highest BCUT2D eigenvalue weighted by Crippen LogP contribution is 2.30. The second kappa shape index (κ2) is 7.13. The SMILES string of the molecule is C=C1c2ccccc2C(=O)N1CC(=O)NCCS(=O)(=O)c1ccccc1. The van der Waals surface area contributed by atoms with Gasteiger partial charge in [-0.15, -0.1) is 0 Å². The Morgan fingerprint density at radius 1 is 1.00 bits per heavy atom. The van der Waals surface area contributed by atoms with E-state index in [1.165, 1.54) is 17.0 Å². The highest BCUT2D eigenvalue weighted by Gasteiger charge is 2.31. The first-order valence-corrected chi connectivity index (χ1v) is 9.70. The average Bonchev–Trinajstić information content (AvgIpc) is 2.88. The van der Waals surface area contributed by atoms with Gasteiger partial charge in [-0.25, -0.2) is 8.42 Å². The molecule has 0 fully saturated rings. The molecule has 0 unspecified atom stereocenters. The molecule has 0 bridgehead atoms. The van der Waals surface area contributed by atoms with Crippen LogP contribution < -0.4 is 5.32 Å². The van der Waals surface area contributed by atoms with Crippen molar-refractivity contribution in [2.45, 2.75) is 4.90 Å². The molecule has 0 spiro atoms. The smallest absolute Gasteiger partial charge is 0.259 e. The number of rotatable bonds is 6. The van der Waals surface area contributed by atoms with Crippen LogP contribution in [0.3, 0.4) is 0 Å². The Morgan fingerprint density at radius 2 is 1.62 bits per heavy atom. The fraction of sp³-hybridized carbons (Fsp3) is 0.158. The monoisotopic (exact) mass is 370 g/mol. The van der Waals surface area contributed by atoms with Crippen molar-refractivity contribution < 1.29 is 18.0 Å². The molecular formula is C19H18N2O4S. The summed E-state index contributed by atoms with van der Waals surface area (Å²) in [6.07, 6.45) is 0. The molecule has 0 saturated carbocycles. The van der Waals surface area contributed by atoms with E-state index in [4.69, 9.17) is 0 Å². The van der Waals surface area contributed by atoms with E-state index < -0.39 is 15.7 Å². The Morgan fingerprint density at radius 3 is 2.27 bits per heavy atom. The third-order valence-electron chi connectivity index (χ3n) is 4.14. The Bertz CT molecular complexity index is 933. The van der Waals surface area contributed by atoms with E-state index in [9.17, 15) is 18.0 Å². The molecule has 0 saturated heterocycles. The second-order valence-corrected chi connectivity index (χ2v) is 7.97. The summed E-state index contributed by atoms with van der Waals surface area (Å²) in [6, 6.07) is 15.1. The van der Waals surface area contributed by atoms with Crippen molar-refractivity contribution in [3.63, 3.8) is 0 Å². The molecule has 2 aromatic carbocycles. The molecule has 0 aromatic heterocycles. The van der Waals surface area contributed by atoms with Crippen LogP contribution in [-0.4, -0.2) is 44.0 Å². The number of carbonyl (C=O) groups excluding carboxylic acids is 2. The summed E-state index contributed by atoms with van der Waals surface area (Å²) in [7, 11) is -3.46. The molecule has 1 heterocycles. The summed E-state index contributed by atoms with van der Waals surface area (Å²) >= 11 is 0. The molecule has 0 aliphatic carbocycles. The zero-order valence-corrected chi connectivity index (χ0v) is 14.8. The van der Waals surface area contributed by atoms with Gasteiger partial charge in [0.05, 0.1) is 10.6 Å². The van der Waals surface area contributed by atoms with E-state index in [-0.39, 0.29) is 29.6 Å². The largest absolute Gasteiger partial charge is 0.354 e. The molecule has 0 atom stereocenters. The van der Waals surface area contributed by atoms with Crippen molar-refractivity contribution in [2.75, 3.05) is 18.8 Å². The van der Waals surface area contributed by atoms with Crippen LogP contribution in [0.2, 0.25) is 0 Å². The second-order valence-electron chi connectivity index (χ2n) is 5.87. The van der Waals surface area contributed by atoms with Gasteiger partial charge in [0.1, 0.15) is 6.54 Å². The van der Waals surface area contributed by atoms with Gasteiger partial charge in [0.15, 0.2) is 9.84 Å². The Hall–Kier alpha value is -2.93. The summed E-state index contributed by atoms with van der Waals surface area (Å²) in [6.45, 7) is 3.64. The molecule has 7 heteroatoms. The Kier molecular flexibility index (Phi) is 4.90. The van der Waals surface area contributed by atoms with Crippen LogP contribution in [0.15, 0.2) is 66.1 Å². The molecule has 0 radical (unpaired) electrons. The first-order chi connectivity index (χ1) is 12.4. The molecule has 2 aromatic rings. The topological polar surface area (TPSA) is 83.6 Å². The number of carbonyl (C=O) groups is 2. The fourth-order valence-corrected chi connectivity index (χ4v) is 3.95. The summed E-state index contributed by atoms with van der Waals surface area (Å²) in [5.74, 6) is -0.925. The van der Waals surface area contributed by atoms with Crippen molar-refractivity contribution in [3.8, 4) is 0 Å². The van der Waals surface area contributed by atoms with E-state index in [1.54, 1.807) is 42.5 Å². The number of hydrogen-bond donors (Lipinski definition) is 1. The summed E-state index contributed by atoms with van der Waals surface area (Å²) in [5, 5.41) is 2.55. The molecule has 2 amide bonds.